The number of amidine groups is 1. The summed E-state index contributed by atoms with van der Waals surface area (Å²) in [7, 11) is 0. The lowest BCUT2D eigenvalue weighted by Crippen LogP contribution is -2.28. The van der Waals surface area contributed by atoms with E-state index >= 15 is 0 Å². The minimum Gasteiger partial charge on any atom is -0.313 e. The minimum atomic E-state index is -0.0984. The second-order valence-electron chi connectivity index (χ2n) is 3.64. The zero-order valence-electron chi connectivity index (χ0n) is 7.34. The Bertz CT molecular complexity index is 231. The third-order valence-corrected chi connectivity index (χ3v) is 2.45. The van der Waals surface area contributed by atoms with Crippen molar-refractivity contribution in [2.24, 2.45) is 10.9 Å². The van der Waals surface area contributed by atoms with Gasteiger partial charge in [0.05, 0.1) is 0 Å². The van der Waals surface area contributed by atoms with Gasteiger partial charge >= 0.3 is 0 Å². The third kappa shape index (κ3) is 1.49. The molecule has 0 aromatic rings. The van der Waals surface area contributed by atoms with E-state index in [0.717, 1.165) is 24.6 Å². The fourth-order valence-corrected chi connectivity index (χ4v) is 1.48. The van der Waals surface area contributed by atoms with E-state index in [1.54, 1.807) is 0 Å². The molecule has 2 aliphatic rings. The van der Waals surface area contributed by atoms with Crippen molar-refractivity contribution < 1.29 is 4.79 Å². The fourth-order valence-electron chi connectivity index (χ4n) is 1.48. The normalized spacial score (nSPS) is 28.6. The molecule has 0 spiro atoms. The molecule has 0 saturated heterocycles. The highest BCUT2D eigenvalue weighted by molar-refractivity contribution is 6.05. The molecule has 0 bridgehead atoms. The first-order chi connectivity index (χ1) is 5.79. The molecule has 3 heteroatoms. The lowest BCUT2D eigenvalue weighted by Gasteiger charge is -1.97. The topological polar surface area (TPSA) is 41.5 Å². The molecular formula is C9H14N2O. The SMILES string of the molecule is CCC1N=C(CC2CC2)NC1=O. The summed E-state index contributed by atoms with van der Waals surface area (Å²) in [6.45, 7) is 1.99. The number of carbonyl (C=O) groups is 1. The predicted octanol–water partition coefficient (Wildman–Crippen LogP) is 1.09. The van der Waals surface area contributed by atoms with E-state index in [1.165, 1.54) is 12.8 Å². The van der Waals surface area contributed by atoms with Crippen molar-refractivity contribution in [3.05, 3.63) is 0 Å². The van der Waals surface area contributed by atoms with Crippen LogP contribution in [0.3, 0.4) is 0 Å². The molecular weight excluding hydrogens is 152 g/mol. The second kappa shape index (κ2) is 2.88. The highest BCUT2D eigenvalue weighted by Gasteiger charge is 2.29. The van der Waals surface area contributed by atoms with Crippen LogP contribution in [0.4, 0.5) is 0 Å². The summed E-state index contributed by atoms with van der Waals surface area (Å²) in [6, 6.07) is -0.0984. The van der Waals surface area contributed by atoms with Crippen molar-refractivity contribution in [2.45, 2.75) is 38.6 Å². The van der Waals surface area contributed by atoms with Crippen molar-refractivity contribution in [1.29, 1.82) is 0 Å². The first-order valence-electron chi connectivity index (χ1n) is 4.67. The molecule has 1 saturated carbocycles. The third-order valence-electron chi connectivity index (χ3n) is 2.45. The molecule has 1 aliphatic heterocycles. The molecule has 1 aliphatic carbocycles. The highest BCUT2D eigenvalue weighted by atomic mass is 16.2. The number of hydrogen-bond acceptors (Lipinski definition) is 2. The lowest BCUT2D eigenvalue weighted by molar-refractivity contribution is -0.120. The van der Waals surface area contributed by atoms with Gasteiger partial charge in [-0.05, 0) is 25.2 Å². The van der Waals surface area contributed by atoms with Crippen LogP contribution in [0.1, 0.15) is 32.6 Å². The van der Waals surface area contributed by atoms with Crippen LogP contribution in [0.15, 0.2) is 4.99 Å². The van der Waals surface area contributed by atoms with Crippen LogP contribution in [0.2, 0.25) is 0 Å². The van der Waals surface area contributed by atoms with E-state index in [1.807, 2.05) is 6.92 Å². The van der Waals surface area contributed by atoms with Crippen LogP contribution in [-0.2, 0) is 4.79 Å². The number of nitrogens with zero attached hydrogens (tertiary/aromatic N) is 1. The first-order valence-corrected chi connectivity index (χ1v) is 4.67. The van der Waals surface area contributed by atoms with Gasteiger partial charge in [0, 0.05) is 6.42 Å². The molecule has 1 heterocycles. The maximum atomic E-state index is 11.2. The average Bonchev–Trinajstić information content (AvgIpc) is 2.76. The number of carbonyl (C=O) groups excluding carboxylic acids is 1. The Kier molecular flexibility index (Phi) is 1.87. The Balaban J connectivity index is 1.93. The number of aliphatic imine (C=N–C) groups is 1. The second-order valence-corrected chi connectivity index (χ2v) is 3.64. The van der Waals surface area contributed by atoms with Crippen LogP contribution in [0.25, 0.3) is 0 Å². The van der Waals surface area contributed by atoms with Crippen LogP contribution < -0.4 is 5.32 Å². The van der Waals surface area contributed by atoms with E-state index in [-0.39, 0.29) is 11.9 Å². The largest absolute Gasteiger partial charge is 0.313 e. The quantitative estimate of drug-likeness (QED) is 0.670. The maximum absolute atomic E-state index is 11.2. The van der Waals surface area contributed by atoms with Crippen LogP contribution in [0.5, 0.6) is 0 Å². The van der Waals surface area contributed by atoms with Crippen molar-refractivity contribution in [3.8, 4) is 0 Å². The number of nitrogens with one attached hydrogen (secondary N) is 1. The minimum absolute atomic E-state index is 0.0909. The smallest absolute Gasteiger partial charge is 0.250 e. The zero-order valence-corrected chi connectivity index (χ0v) is 7.34. The molecule has 0 aromatic heterocycles. The molecule has 3 nitrogen and oxygen atoms in total. The first kappa shape index (κ1) is 7.77. The van der Waals surface area contributed by atoms with Crippen LogP contribution >= 0.6 is 0 Å². The van der Waals surface area contributed by atoms with Gasteiger partial charge in [-0.15, -0.1) is 0 Å². The van der Waals surface area contributed by atoms with E-state index < -0.39 is 0 Å². The van der Waals surface area contributed by atoms with Gasteiger partial charge in [-0.3, -0.25) is 9.79 Å². The number of amides is 1. The maximum Gasteiger partial charge on any atom is 0.250 e. The average molecular weight is 166 g/mol. The summed E-state index contributed by atoms with van der Waals surface area (Å²) < 4.78 is 0. The summed E-state index contributed by atoms with van der Waals surface area (Å²) in [4.78, 5) is 15.5. The number of rotatable bonds is 3. The molecule has 0 aromatic carbocycles. The Labute approximate surface area is 72.3 Å². The van der Waals surface area contributed by atoms with Gasteiger partial charge in [-0.1, -0.05) is 6.92 Å². The van der Waals surface area contributed by atoms with Gasteiger partial charge in [0.2, 0.25) is 5.91 Å². The molecule has 2 rings (SSSR count). The van der Waals surface area contributed by atoms with Crippen molar-refractivity contribution >= 4 is 11.7 Å². The fraction of sp³-hybridized carbons (Fsp3) is 0.778. The van der Waals surface area contributed by atoms with Gasteiger partial charge < -0.3 is 5.32 Å². The van der Waals surface area contributed by atoms with Gasteiger partial charge in [0.15, 0.2) is 0 Å². The van der Waals surface area contributed by atoms with Crippen molar-refractivity contribution in [3.63, 3.8) is 0 Å². The van der Waals surface area contributed by atoms with Crippen LogP contribution in [-0.4, -0.2) is 17.8 Å². The number of hydrogen-bond donors (Lipinski definition) is 1. The Morgan fingerprint density at radius 3 is 2.83 bits per heavy atom. The molecule has 66 valence electrons. The lowest BCUT2D eigenvalue weighted by atomic mass is 10.2. The van der Waals surface area contributed by atoms with Gasteiger partial charge in [-0.2, -0.15) is 0 Å². The van der Waals surface area contributed by atoms with E-state index in [0.29, 0.717) is 0 Å². The van der Waals surface area contributed by atoms with Crippen molar-refractivity contribution in [1.82, 2.24) is 5.32 Å². The summed E-state index contributed by atoms with van der Waals surface area (Å²) in [5.74, 6) is 1.82. The monoisotopic (exact) mass is 166 g/mol. The predicted molar refractivity (Wildman–Crippen MR) is 47.0 cm³/mol. The standard InChI is InChI=1S/C9H14N2O/c1-2-7-9(12)11-8(10-7)5-6-3-4-6/h6-7H,2-5H2,1H3,(H,10,11,12). The Morgan fingerprint density at radius 2 is 2.33 bits per heavy atom. The summed E-state index contributed by atoms with van der Waals surface area (Å²) in [5, 5.41) is 2.84. The van der Waals surface area contributed by atoms with Gasteiger partial charge in [0.25, 0.3) is 0 Å². The van der Waals surface area contributed by atoms with E-state index in [9.17, 15) is 4.79 Å². The molecule has 0 radical (unpaired) electrons. The molecule has 1 fully saturated rings. The molecule has 1 N–H and O–H groups in total. The zero-order chi connectivity index (χ0) is 8.55. The van der Waals surface area contributed by atoms with Gasteiger partial charge in [0.1, 0.15) is 11.9 Å². The Morgan fingerprint density at radius 1 is 1.58 bits per heavy atom. The highest BCUT2D eigenvalue weighted by Crippen LogP contribution is 2.33. The summed E-state index contributed by atoms with van der Waals surface area (Å²) in [5.41, 5.74) is 0. The van der Waals surface area contributed by atoms with E-state index in [4.69, 9.17) is 0 Å². The molecule has 12 heavy (non-hydrogen) atoms. The molecule has 1 amide bonds. The molecule has 1 unspecified atom stereocenters. The summed E-state index contributed by atoms with van der Waals surface area (Å²) in [6.07, 6.45) is 4.43. The van der Waals surface area contributed by atoms with E-state index in [2.05, 4.69) is 10.3 Å². The molecule has 1 atom stereocenters. The van der Waals surface area contributed by atoms with Crippen LogP contribution in [0, 0.1) is 5.92 Å². The van der Waals surface area contributed by atoms with Crippen molar-refractivity contribution in [2.75, 3.05) is 0 Å². The summed E-state index contributed by atoms with van der Waals surface area (Å²) >= 11 is 0. The van der Waals surface area contributed by atoms with Gasteiger partial charge in [-0.25, -0.2) is 0 Å². The Hall–Kier alpha value is -0.860.